The van der Waals surface area contributed by atoms with Crippen LogP contribution in [-0.4, -0.2) is 37.0 Å². The van der Waals surface area contributed by atoms with Gasteiger partial charge in [0.2, 0.25) is 0 Å². The summed E-state index contributed by atoms with van der Waals surface area (Å²) in [5.74, 6) is -0.830. The number of carbonyl (C=O) groups excluding carboxylic acids is 1. The van der Waals surface area contributed by atoms with Crippen LogP contribution in [0.15, 0.2) is 18.2 Å². The van der Waals surface area contributed by atoms with E-state index in [9.17, 15) is 9.18 Å². The highest BCUT2D eigenvalue weighted by Crippen LogP contribution is 2.09. The number of likely N-dealkylation sites (N-methyl/N-ethyl adjacent to an activating group) is 1. The number of rotatable bonds is 5. The van der Waals surface area contributed by atoms with E-state index in [1.54, 1.807) is 12.1 Å². The molecule has 1 N–H and O–H groups in total. The number of nitrogens with zero attached hydrogens (tertiary/aromatic N) is 1. The average Bonchev–Trinajstić information content (AvgIpc) is 2.31. The molecule has 1 amide bonds. The fourth-order valence-corrected chi connectivity index (χ4v) is 1.51. The van der Waals surface area contributed by atoms with Gasteiger partial charge in [0.15, 0.2) is 0 Å². The van der Waals surface area contributed by atoms with Gasteiger partial charge in [0.1, 0.15) is 5.82 Å². The molecule has 0 bridgehead atoms. The molecule has 0 aliphatic heterocycles. The van der Waals surface area contributed by atoms with Crippen molar-refractivity contribution in [2.24, 2.45) is 0 Å². The van der Waals surface area contributed by atoms with Crippen LogP contribution in [0.3, 0.4) is 0 Å². The largest absolute Gasteiger partial charge is 0.351 e. The molecule has 100 valence electrons. The summed E-state index contributed by atoms with van der Waals surface area (Å²) < 4.78 is 13.5. The van der Waals surface area contributed by atoms with Crippen LogP contribution in [0.4, 0.5) is 4.39 Å². The molecule has 3 nitrogen and oxygen atoms in total. The molecule has 0 spiro atoms. The first-order valence-corrected chi connectivity index (χ1v) is 6.16. The topological polar surface area (TPSA) is 32.3 Å². The second-order valence-corrected chi connectivity index (χ2v) is 4.81. The lowest BCUT2D eigenvalue weighted by atomic mass is 10.1. The standard InChI is InChI=1S/C14H21FN2O/c1-10(2)17(4)8-7-16-14(18)12-9-11(3)5-6-13(12)15/h5-6,9-10H,7-8H2,1-4H3,(H,16,18). The van der Waals surface area contributed by atoms with E-state index >= 15 is 0 Å². The predicted octanol–water partition coefficient (Wildman–Crippen LogP) is 2.20. The Hall–Kier alpha value is -1.42. The monoisotopic (exact) mass is 252 g/mol. The minimum absolute atomic E-state index is 0.113. The molecular weight excluding hydrogens is 231 g/mol. The molecule has 0 heterocycles. The van der Waals surface area contributed by atoms with Crippen molar-refractivity contribution in [3.05, 3.63) is 35.1 Å². The van der Waals surface area contributed by atoms with Crippen LogP contribution in [0.5, 0.6) is 0 Å². The van der Waals surface area contributed by atoms with Gasteiger partial charge in [0, 0.05) is 19.1 Å². The van der Waals surface area contributed by atoms with Crippen LogP contribution in [0, 0.1) is 12.7 Å². The molecule has 0 aliphatic carbocycles. The van der Waals surface area contributed by atoms with Crippen LogP contribution < -0.4 is 5.32 Å². The number of benzene rings is 1. The summed E-state index contributed by atoms with van der Waals surface area (Å²) in [5.41, 5.74) is 0.989. The van der Waals surface area contributed by atoms with Crippen molar-refractivity contribution in [3.8, 4) is 0 Å². The van der Waals surface area contributed by atoms with Crippen molar-refractivity contribution in [3.63, 3.8) is 0 Å². The molecule has 0 saturated heterocycles. The van der Waals surface area contributed by atoms with Crippen LogP contribution in [0.1, 0.15) is 29.8 Å². The maximum Gasteiger partial charge on any atom is 0.254 e. The molecule has 4 heteroatoms. The number of carbonyl (C=O) groups is 1. The van der Waals surface area contributed by atoms with Crippen molar-refractivity contribution in [1.82, 2.24) is 10.2 Å². The molecule has 0 fully saturated rings. The Balaban J connectivity index is 2.53. The van der Waals surface area contributed by atoms with E-state index in [1.165, 1.54) is 6.07 Å². The summed E-state index contributed by atoms with van der Waals surface area (Å²) >= 11 is 0. The van der Waals surface area contributed by atoms with E-state index in [1.807, 2.05) is 14.0 Å². The van der Waals surface area contributed by atoms with E-state index < -0.39 is 5.82 Å². The molecular formula is C14H21FN2O. The first-order valence-electron chi connectivity index (χ1n) is 6.16. The minimum atomic E-state index is -0.477. The van der Waals surface area contributed by atoms with Gasteiger partial charge >= 0.3 is 0 Å². The SMILES string of the molecule is Cc1ccc(F)c(C(=O)NCCN(C)C(C)C)c1. The number of halogens is 1. The third-order valence-electron chi connectivity index (χ3n) is 3.00. The first-order chi connectivity index (χ1) is 8.41. The van der Waals surface area contributed by atoms with Crippen LogP contribution >= 0.6 is 0 Å². The van der Waals surface area contributed by atoms with Crippen molar-refractivity contribution in [2.45, 2.75) is 26.8 Å². The van der Waals surface area contributed by atoms with E-state index in [-0.39, 0.29) is 11.5 Å². The molecule has 18 heavy (non-hydrogen) atoms. The highest BCUT2D eigenvalue weighted by atomic mass is 19.1. The molecule has 0 unspecified atom stereocenters. The number of hydrogen-bond acceptors (Lipinski definition) is 2. The third kappa shape index (κ3) is 4.11. The summed E-state index contributed by atoms with van der Waals surface area (Å²) in [4.78, 5) is 13.9. The Labute approximate surface area is 108 Å². The molecule has 0 aliphatic rings. The van der Waals surface area contributed by atoms with Crippen molar-refractivity contribution in [2.75, 3.05) is 20.1 Å². The van der Waals surface area contributed by atoms with Gasteiger partial charge < -0.3 is 10.2 Å². The second-order valence-electron chi connectivity index (χ2n) is 4.81. The lowest BCUT2D eigenvalue weighted by molar-refractivity contribution is 0.0944. The Morgan fingerprint density at radius 1 is 1.44 bits per heavy atom. The van der Waals surface area contributed by atoms with Crippen LogP contribution in [0.25, 0.3) is 0 Å². The van der Waals surface area contributed by atoms with Gasteiger partial charge in [0.25, 0.3) is 5.91 Å². The molecule has 1 aromatic rings. The lowest BCUT2D eigenvalue weighted by Crippen LogP contribution is -2.36. The number of amides is 1. The second kappa shape index (κ2) is 6.50. The minimum Gasteiger partial charge on any atom is -0.351 e. The predicted molar refractivity (Wildman–Crippen MR) is 71.2 cm³/mol. The molecule has 0 radical (unpaired) electrons. The zero-order chi connectivity index (χ0) is 13.7. The normalized spacial score (nSPS) is 11.1. The Bertz CT molecular complexity index is 418. The Morgan fingerprint density at radius 2 is 2.11 bits per heavy atom. The highest BCUT2D eigenvalue weighted by molar-refractivity contribution is 5.94. The summed E-state index contributed by atoms with van der Waals surface area (Å²) in [6.45, 7) is 7.27. The Morgan fingerprint density at radius 3 is 2.72 bits per heavy atom. The van der Waals surface area contributed by atoms with Gasteiger partial charge in [-0.25, -0.2) is 4.39 Å². The van der Waals surface area contributed by atoms with Crippen LogP contribution in [0.2, 0.25) is 0 Å². The molecule has 1 rings (SSSR count). The fraction of sp³-hybridized carbons (Fsp3) is 0.500. The van der Waals surface area contributed by atoms with E-state index in [0.717, 1.165) is 12.1 Å². The van der Waals surface area contributed by atoms with E-state index in [4.69, 9.17) is 0 Å². The summed E-state index contributed by atoms with van der Waals surface area (Å²) in [6, 6.07) is 4.97. The zero-order valence-corrected chi connectivity index (χ0v) is 11.5. The summed E-state index contributed by atoms with van der Waals surface area (Å²) in [6.07, 6.45) is 0. The van der Waals surface area contributed by atoms with Crippen molar-refractivity contribution < 1.29 is 9.18 Å². The summed E-state index contributed by atoms with van der Waals surface area (Å²) in [5, 5.41) is 2.73. The van der Waals surface area contributed by atoms with Gasteiger partial charge in [-0.3, -0.25) is 4.79 Å². The van der Waals surface area contributed by atoms with E-state index in [0.29, 0.717) is 12.6 Å². The number of hydrogen-bond donors (Lipinski definition) is 1. The smallest absolute Gasteiger partial charge is 0.254 e. The summed E-state index contributed by atoms with van der Waals surface area (Å²) in [7, 11) is 1.99. The first kappa shape index (κ1) is 14.6. The average molecular weight is 252 g/mol. The maximum absolute atomic E-state index is 13.5. The van der Waals surface area contributed by atoms with Gasteiger partial charge in [-0.05, 0) is 40.0 Å². The molecule has 0 saturated carbocycles. The number of aryl methyl sites for hydroxylation is 1. The number of nitrogens with one attached hydrogen (secondary N) is 1. The maximum atomic E-state index is 13.5. The molecule has 1 aromatic carbocycles. The van der Waals surface area contributed by atoms with Gasteiger partial charge in [-0.15, -0.1) is 0 Å². The quantitative estimate of drug-likeness (QED) is 0.871. The van der Waals surface area contributed by atoms with Gasteiger partial charge in [-0.1, -0.05) is 11.6 Å². The lowest BCUT2D eigenvalue weighted by Gasteiger charge is -2.20. The van der Waals surface area contributed by atoms with E-state index in [2.05, 4.69) is 24.1 Å². The third-order valence-corrected chi connectivity index (χ3v) is 3.00. The highest BCUT2D eigenvalue weighted by Gasteiger charge is 2.11. The molecule has 0 aromatic heterocycles. The molecule has 0 atom stereocenters. The van der Waals surface area contributed by atoms with Gasteiger partial charge in [0.05, 0.1) is 5.56 Å². The van der Waals surface area contributed by atoms with Crippen LogP contribution in [-0.2, 0) is 0 Å². The van der Waals surface area contributed by atoms with Crippen molar-refractivity contribution in [1.29, 1.82) is 0 Å². The van der Waals surface area contributed by atoms with Crippen molar-refractivity contribution >= 4 is 5.91 Å². The zero-order valence-electron chi connectivity index (χ0n) is 11.5. The Kier molecular flexibility index (Phi) is 5.28. The van der Waals surface area contributed by atoms with Gasteiger partial charge in [-0.2, -0.15) is 0 Å². The fourth-order valence-electron chi connectivity index (χ4n) is 1.51.